The van der Waals surface area contributed by atoms with Gasteiger partial charge in [-0.1, -0.05) is 34.1 Å². The molecule has 0 aliphatic carbocycles. The molecule has 3 rings (SSSR count). The monoisotopic (exact) mass is 392 g/mol. The molecule has 23 heavy (non-hydrogen) atoms. The first-order valence-corrected chi connectivity index (χ1v) is 9.63. The number of carbonyl (C=O) groups excluding carboxylic acids is 1. The number of hydrogen-bond donors (Lipinski definition) is 1. The van der Waals surface area contributed by atoms with E-state index >= 15 is 0 Å². The van der Waals surface area contributed by atoms with Gasteiger partial charge in [0.1, 0.15) is 0 Å². The average Bonchev–Trinajstić information content (AvgIpc) is 3.18. The molecule has 1 amide bonds. The summed E-state index contributed by atoms with van der Waals surface area (Å²) in [7, 11) is 0. The Morgan fingerprint density at radius 2 is 2.17 bits per heavy atom. The fourth-order valence-electron chi connectivity index (χ4n) is 3.12. The van der Waals surface area contributed by atoms with Crippen molar-refractivity contribution in [1.29, 1.82) is 0 Å². The summed E-state index contributed by atoms with van der Waals surface area (Å²) >= 11 is 5.22. The Morgan fingerprint density at radius 1 is 1.39 bits per heavy atom. The molecule has 2 heterocycles. The van der Waals surface area contributed by atoms with E-state index in [9.17, 15) is 4.79 Å². The lowest BCUT2D eigenvalue weighted by Crippen LogP contribution is -2.37. The van der Waals surface area contributed by atoms with Gasteiger partial charge in [-0.3, -0.25) is 9.69 Å². The molecule has 2 aromatic rings. The van der Waals surface area contributed by atoms with E-state index in [2.05, 4.69) is 43.7 Å². The van der Waals surface area contributed by atoms with Crippen LogP contribution in [0.1, 0.15) is 42.3 Å². The minimum atomic E-state index is 0.0263. The largest absolute Gasteiger partial charge is 0.348 e. The van der Waals surface area contributed by atoms with E-state index in [0.717, 1.165) is 29.4 Å². The molecule has 0 spiro atoms. The number of halogens is 1. The van der Waals surface area contributed by atoms with Gasteiger partial charge in [0.05, 0.1) is 12.6 Å². The summed E-state index contributed by atoms with van der Waals surface area (Å²) in [6.07, 6.45) is 2.31. The standard InChI is InChI=1S/C18H21BrN2OS/c1-13(14-6-8-15(19)9-7-14)20-18(22)12-21-10-2-4-16(21)17-5-3-11-23-17/h3,5-9,11,13,16H,2,4,10,12H2,1H3,(H,20,22)/t13-,16-/m1/s1. The lowest BCUT2D eigenvalue weighted by Gasteiger charge is -2.24. The minimum absolute atomic E-state index is 0.0263. The highest BCUT2D eigenvalue weighted by molar-refractivity contribution is 9.10. The van der Waals surface area contributed by atoms with Crippen molar-refractivity contribution in [2.75, 3.05) is 13.1 Å². The van der Waals surface area contributed by atoms with Crippen molar-refractivity contribution in [3.05, 3.63) is 56.7 Å². The summed E-state index contributed by atoms with van der Waals surface area (Å²) in [6.45, 7) is 3.51. The van der Waals surface area contributed by atoms with Gasteiger partial charge in [0.2, 0.25) is 5.91 Å². The summed E-state index contributed by atoms with van der Waals surface area (Å²) in [4.78, 5) is 16.1. The zero-order valence-corrected chi connectivity index (χ0v) is 15.6. The number of benzene rings is 1. The zero-order valence-electron chi connectivity index (χ0n) is 13.2. The first kappa shape index (κ1) is 16.7. The molecular formula is C18H21BrN2OS. The summed E-state index contributed by atoms with van der Waals surface area (Å²) in [5.41, 5.74) is 1.12. The van der Waals surface area contributed by atoms with Gasteiger partial charge in [-0.25, -0.2) is 0 Å². The highest BCUT2D eigenvalue weighted by Gasteiger charge is 2.28. The molecule has 1 aromatic carbocycles. The molecule has 1 saturated heterocycles. The quantitative estimate of drug-likeness (QED) is 0.810. The fourth-order valence-corrected chi connectivity index (χ4v) is 4.28. The molecule has 0 bridgehead atoms. The minimum Gasteiger partial charge on any atom is -0.348 e. The maximum absolute atomic E-state index is 12.4. The number of amides is 1. The molecule has 1 fully saturated rings. The number of carbonyl (C=O) groups is 1. The maximum atomic E-state index is 12.4. The summed E-state index contributed by atoms with van der Waals surface area (Å²) in [5, 5.41) is 5.23. The second-order valence-corrected chi connectivity index (χ2v) is 7.88. The lowest BCUT2D eigenvalue weighted by molar-refractivity contribution is -0.123. The molecule has 1 N–H and O–H groups in total. The van der Waals surface area contributed by atoms with E-state index in [1.807, 2.05) is 31.2 Å². The number of nitrogens with zero attached hydrogens (tertiary/aromatic N) is 1. The van der Waals surface area contributed by atoms with Crippen molar-refractivity contribution in [2.45, 2.75) is 31.8 Å². The van der Waals surface area contributed by atoms with Crippen molar-refractivity contribution in [3.63, 3.8) is 0 Å². The fraction of sp³-hybridized carbons (Fsp3) is 0.389. The maximum Gasteiger partial charge on any atom is 0.234 e. The molecular weight excluding hydrogens is 372 g/mol. The number of hydrogen-bond acceptors (Lipinski definition) is 3. The lowest BCUT2D eigenvalue weighted by atomic mass is 10.1. The van der Waals surface area contributed by atoms with Crippen LogP contribution < -0.4 is 5.32 Å². The second kappa shape index (κ2) is 7.60. The SMILES string of the molecule is C[C@@H](NC(=O)CN1CCC[C@@H]1c1cccs1)c1ccc(Br)cc1. The van der Waals surface area contributed by atoms with Crippen LogP contribution in [-0.2, 0) is 4.79 Å². The average molecular weight is 393 g/mol. The van der Waals surface area contributed by atoms with Crippen molar-refractivity contribution in [3.8, 4) is 0 Å². The Morgan fingerprint density at radius 3 is 2.87 bits per heavy atom. The van der Waals surface area contributed by atoms with Crippen molar-refractivity contribution >= 4 is 33.2 Å². The summed E-state index contributed by atoms with van der Waals surface area (Å²) in [5.74, 6) is 0.101. The van der Waals surface area contributed by atoms with Crippen molar-refractivity contribution in [1.82, 2.24) is 10.2 Å². The Hall–Kier alpha value is -1.17. The third-order valence-electron chi connectivity index (χ3n) is 4.33. The third-order valence-corrected chi connectivity index (χ3v) is 5.83. The zero-order chi connectivity index (χ0) is 16.2. The van der Waals surface area contributed by atoms with E-state index in [1.165, 1.54) is 4.88 Å². The van der Waals surface area contributed by atoms with E-state index in [0.29, 0.717) is 12.6 Å². The van der Waals surface area contributed by atoms with E-state index in [4.69, 9.17) is 0 Å². The second-order valence-electron chi connectivity index (χ2n) is 5.98. The van der Waals surface area contributed by atoms with Gasteiger partial charge in [0.25, 0.3) is 0 Å². The molecule has 1 aliphatic heterocycles. The Kier molecular flexibility index (Phi) is 5.51. The highest BCUT2D eigenvalue weighted by atomic mass is 79.9. The van der Waals surface area contributed by atoms with Crippen LogP contribution in [0.3, 0.4) is 0 Å². The third kappa shape index (κ3) is 4.22. The van der Waals surface area contributed by atoms with E-state index < -0.39 is 0 Å². The molecule has 0 saturated carbocycles. The van der Waals surface area contributed by atoms with Gasteiger partial charge in [-0.2, -0.15) is 0 Å². The van der Waals surface area contributed by atoms with E-state index in [1.54, 1.807) is 11.3 Å². The number of thiophene rings is 1. The molecule has 1 aliphatic rings. The number of rotatable bonds is 5. The highest BCUT2D eigenvalue weighted by Crippen LogP contribution is 2.34. The Balaban J connectivity index is 1.57. The Bertz CT molecular complexity index is 642. The summed E-state index contributed by atoms with van der Waals surface area (Å²) < 4.78 is 1.05. The first-order chi connectivity index (χ1) is 11.1. The van der Waals surface area contributed by atoms with Crippen molar-refractivity contribution < 1.29 is 4.79 Å². The van der Waals surface area contributed by atoms with Gasteiger partial charge in [0, 0.05) is 15.4 Å². The topological polar surface area (TPSA) is 32.3 Å². The van der Waals surface area contributed by atoms with Crippen LogP contribution in [0.4, 0.5) is 0 Å². The molecule has 122 valence electrons. The summed E-state index contributed by atoms with van der Waals surface area (Å²) in [6, 6.07) is 12.8. The first-order valence-electron chi connectivity index (χ1n) is 7.96. The van der Waals surface area contributed by atoms with Crippen molar-refractivity contribution in [2.24, 2.45) is 0 Å². The van der Waals surface area contributed by atoms with E-state index in [-0.39, 0.29) is 11.9 Å². The van der Waals surface area contributed by atoms with Crippen LogP contribution in [0.15, 0.2) is 46.3 Å². The van der Waals surface area contributed by atoms with Crippen LogP contribution in [-0.4, -0.2) is 23.9 Å². The van der Waals surface area contributed by atoms with Crippen LogP contribution in [0.2, 0.25) is 0 Å². The van der Waals surface area contributed by atoms with Gasteiger partial charge < -0.3 is 5.32 Å². The van der Waals surface area contributed by atoms with Gasteiger partial charge in [-0.15, -0.1) is 11.3 Å². The molecule has 3 nitrogen and oxygen atoms in total. The van der Waals surface area contributed by atoms with Gasteiger partial charge in [-0.05, 0) is 55.5 Å². The van der Waals surface area contributed by atoms with Crippen LogP contribution in [0, 0.1) is 0 Å². The predicted molar refractivity (Wildman–Crippen MR) is 98.6 cm³/mol. The molecule has 2 atom stereocenters. The van der Waals surface area contributed by atoms with Gasteiger partial charge in [0.15, 0.2) is 0 Å². The molecule has 1 aromatic heterocycles. The van der Waals surface area contributed by atoms with Crippen LogP contribution in [0.25, 0.3) is 0 Å². The molecule has 0 radical (unpaired) electrons. The predicted octanol–water partition coefficient (Wildman–Crippen LogP) is 4.52. The smallest absolute Gasteiger partial charge is 0.234 e. The number of nitrogens with one attached hydrogen (secondary N) is 1. The Labute approximate surface area is 149 Å². The van der Waals surface area contributed by atoms with Crippen LogP contribution in [0.5, 0.6) is 0 Å². The molecule has 0 unspecified atom stereocenters. The normalized spacial score (nSPS) is 19.7. The molecule has 5 heteroatoms. The number of likely N-dealkylation sites (tertiary alicyclic amines) is 1. The van der Waals surface area contributed by atoms with Gasteiger partial charge >= 0.3 is 0 Å². The van der Waals surface area contributed by atoms with Crippen LogP contribution >= 0.6 is 27.3 Å².